The molecular weight excluding hydrogens is 195 g/mol. The minimum atomic E-state index is -2.31. The van der Waals surface area contributed by atoms with Crippen molar-refractivity contribution in [1.29, 1.82) is 0 Å². The Hall–Kier alpha value is -0.795. The summed E-state index contributed by atoms with van der Waals surface area (Å²) in [5, 5.41) is 9.20. The molecule has 0 spiro atoms. The van der Waals surface area contributed by atoms with E-state index in [-0.39, 0.29) is 0 Å². The third-order valence-corrected chi connectivity index (χ3v) is 1.44. The van der Waals surface area contributed by atoms with Gasteiger partial charge in [0.2, 0.25) is 0 Å². The summed E-state index contributed by atoms with van der Waals surface area (Å²) in [6, 6.07) is 3.18. The summed E-state index contributed by atoms with van der Waals surface area (Å²) in [7, 11) is -1.32. The lowest BCUT2D eigenvalue weighted by Gasteiger charge is -2.04. The number of pyridine rings is 1. The lowest BCUT2D eigenvalue weighted by Crippen LogP contribution is -2.39. The van der Waals surface area contributed by atoms with Gasteiger partial charge in [0, 0.05) is 17.9 Å². The van der Waals surface area contributed by atoms with Crippen LogP contribution in [0.5, 0.6) is 0 Å². The van der Waals surface area contributed by atoms with Gasteiger partial charge in [-0.15, -0.1) is 4.89 Å². The quantitative estimate of drug-likeness (QED) is 0.311. The molecule has 1 heterocycles. The van der Waals surface area contributed by atoms with Gasteiger partial charge >= 0.3 is 7.12 Å². The maximum absolute atomic E-state index is 10.1. The van der Waals surface area contributed by atoms with Crippen LogP contribution in [-0.4, -0.2) is 25.9 Å². The van der Waals surface area contributed by atoms with Gasteiger partial charge < -0.3 is 9.78 Å². The van der Waals surface area contributed by atoms with E-state index >= 15 is 0 Å². The third kappa shape index (κ3) is 3.62. The molecule has 1 rings (SSSR count). The van der Waals surface area contributed by atoms with Crippen molar-refractivity contribution in [3.63, 3.8) is 0 Å². The SMILES string of the molecule is O=S(O)NOB(O)c1cccnc1. The number of aromatic nitrogens is 1. The number of hydrogen-bond donors (Lipinski definition) is 3. The number of nitrogens with zero attached hydrogens (tertiary/aromatic N) is 1. The molecular formula is C5H7BN2O4S. The average molecular weight is 202 g/mol. The molecule has 0 amide bonds. The van der Waals surface area contributed by atoms with Crippen LogP contribution in [0.15, 0.2) is 24.5 Å². The van der Waals surface area contributed by atoms with E-state index in [1.807, 2.05) is 0 Å². The molecule has 70 valence electrons. The summed E-state index contributed by atoms with van der Waals surface area (Å²) < 4.78 is 22.7. The van der Waals surface area contributed by atoms with Crippen molar-refractivity contribution in [2.45, 2.75) is 0 Å². The minimum absolute atomic E-state index is 0.389. The van der Waals surface area contributed by atoms with Gasteiger partial charge in [-0.3, -0.25) is 9.54 Å². The van der Waals surface area contributed by atoms with E-state index in [0.717, 1.165) is 0 Å². The van der Waals surface area contributed by atoms with Crippen LogP contribution in [0.2, 0.25) is 0 Å². The fourth-order valence-corrected chi connectivity index (χ4v) is 0.850. The summed E-state index contributed by atoms with van der Waals surface area (Å²) >= 11 is -2.31. The van der Waals surface area contributed by atoms with Crippen molar-refractivity contribution in [1.82, 2.24) is 9.87 Å². The highest BCUT2D eigenvalue weighted by atomic mass is 32.2. The molecule has 1 aromatic heterocycles. The fraction of sp³-hybridized carbons (Fsp3) is 0. The molecule has 0 aliphatic heterocycles. The maximum atomic E-state index is 10.1. The van der Waals surface area contributed by atoms with Crippen molar-refractivity contribution >= 4 is 23.8 Å². The third-order valence-electron chi connectivity index (χ3n) is 1.20. The minimum Gasteiger partial charge on any atom is -0.422 e. The Morgan fingerprint density at radius 3 is 3.00 bits per heavy atom. The lowest BCUT2D eigenvalue weighted by atomic mass is 9.81. The van der Waals surface area contributed by atoms with E-state index in [2.05, 4.69) is 9.74 Å². The molecule has 0 bridgehead atoms. The Kier molecular flexibility index (Phi) is 3.99. The first-order valence-electron chi connectivity index (χ1n) is 3.30. The zero-order valence-electron chi connectivity index (χ0n) is 6.45. The van der Waals surface area contributed by atoms with Crippen molar-refractivity contribution < 1.29 is 18.5 Å². The van der Waals surface area contributed by atoms with Gasteiger partial charge in [0.05, 0.1) is 0 Å². The first-order valence-corrected chi connectivity index (χ1v) is 4.41. The number of rotatable bonds is 4. The lowest BCUT2D eigenvalue weighted by molar-refractivity contribution is 0.226. The second-order valence-electron chi connectivity index (χ2n) is 2.09. The van der Waals surface area contributed by atoms with Crippen LogP contribution in [0.25, 0.3) is 0 Å². The second-order valence-corrected chi connectivity index (χ2v) is 2.75. The van der Waals surface area contributed by atoms with Crippen LogP contribution in [-0.2, 0) is 16.0 Å². The Morgan fingerprint density at radius 2 is 2.46 bits per heavy atom. The van der Waals surface area contributed by atoms with E-state index in [9.17, 15) is 9.23 Å². The average Bonchev–Trinajstić information content (AvgIpc) is 2.15. The molecule has 1 unspecified atom stereocenters. The standard InChI is InChI=1S/C5H7BN2O4S/c9-6(12-8-13(10)11)5-2-1-3-7-4-5/h1-4,8-9H,(H,10,11). The molecule has 13 heavy (non-hydrogen) atoms. The predicted octanol–water partition coefficient (Wildman–Crippen LogP) is -1.57. The van der Waals surface area contributed by atoms with E-state index in [1.165, 1.54) is 12.4 Å². The van der Waals surface area contributed by atoms with E-state index in [1.54, 1.807) is 17.0 Å². The Morgan fingerprint density at radius 1 is 1.69 bits per heavy atom. The molecule has 0 saturated carbocycles. The van der Waals surface area contributed by atoms with E-state index in [4.69, 9.17) is 4.55 Å². The molecule has 0 aliphatic rings. The van der Waals surface area contributed by atoms with Crippen LogP contribution >= 0.6 is 0 Å². The molecule has 1 atom stereocenters. The normalized spacial score (nSPS) is 12.5. The number of nitrogens with one attached hydrogen (secondary N) is 1. The van der Waals surface area contributed by atoms with Gasteiger partial charge in [0.1, 0.15) is 0 Å². The number of hydrogen-bond acceptors (Lipinski definition) is 4. The molecule has 3 N–H and O–H groups in total. The van der Waals surface area contributed by atoms with Gasteiger partial charge in [-0.2, -0.15) is 0 Å². The molecule has 0 saturated heterocycles. The van der Waals surface area contributed by atoms with Crippen molar-refractivity contribution in [3.8, 4) is 0 Å². The van der Waals surface area contributed by atoms with Gasteiger partial charge in [-0.1, -0.05) is 6.07 Å². The van der Waals surface area contributed by atoms with Crippen molar-refractivity contribution in [2.75, 3.05) is 0 Å². The highest BCUT2D eigenvalue weighted by Gasteiger charge is 2.17. The topological polar surface area (TPSA) is 91.7 Å². The summed E-state index contributed by atoms with van der Waals surface area (Å²) in [5.41, 5.74) is 0.389. The Labute approximate surface area is 77.5 Å². The summed E-state index contributed by atoms with van der Waals surface area (Å²) in [6.45, 7) is 0. The Bertz CT molecular complexity index is 285. The van der Waals surface area contributed by atoms with Gasteiger partial charge in [-0.05, 0) is 6.07 Å². The molecule has 0 fully saturated rings. The summed E-state index contributed by atoms with van der Waals surface area (Å²) in [5.74, 6) is 0. The molecule has 0 aliphatic carbocycles. The highest BCUT2D eigenvalue weighted by molar-refractivity contribution is 7.77. The Balaban J connectivity index is 2.49. The van der Waals surface area contributed by atoms with Gasteiger partial charge in [0.15, 0.2) is 0 Å². The zero-order chi connectivity index (χ0) is 9.68. The maximum Gasteiger partial charge on any atom is 0.510 e. The molecule has 0 aromatic carbocycles. The van der Waals surface area contributed by atoms with Crippen LogP contribution in [0.4, 0.5) is 0 Å². The summed E-state index contributed by atoms with van der Waals surface area (Å²) in [6.07, 6.45) is 2.92. The van der Waals surface area contributed by atoms with Crippen LogP contribution in [0, 0.1) is 0 Å². The van der Waals surface area contributed by atoms with Crippen LogP contribution in [0.3, 0.4) is 0 Å². The molecule has 8 heteroatoms. The van der Waals surface area contributed by atoms with Crippen LogP contribution < -0.4 is 10.3 Å². The molecule has 1 aromatic rings. The van der Waals surface area contributed by atoms with Crippen molar-refractivity contribution in [2.24, 2.45) is 0 Å². The monoisotopic (exact) mass is 202 g/mol. The highest BCUT2D eigenvalue weighted by Crippen LogP contribution is 1.83. The van der Waals surface area contributed by atoms with Crippen LogP contribution in [0.1, 0.15) is 0 Å². The van der Waals surface area contributed by atoms with Gasteiger partial charge in [-0.25, -0.2) is 4.21 Å². The molecule has 0 radical (unpaired) electrons. The fourth-order valence-electron chi connectivity index (χ4n) is 0.677. The first-order chi connectivity index (χ1) is 6.20. The first kappa shape index (κ1) is 10.3. The molecule has 6 nitrogen and oxygen atoms in total. The summed E-state index contributed by atoms with van der Waals surface area (Å²) in [4.78, 5) is 5.42. The second kappa shape index (κ2) is 5.05. The van der Waals surface area contributed by atoms with Gasteiger partial charge in [0.25, 0.3) is 11.3 Å². The van der Waals surface area contributed by atoms with E-state index < -0.39 is 18.4 Å². The smallest absolute Gasteiger partial charge is 0.422 e. The zero-order valence-corrected chi connectivity index (χ0v) is 7.27. The largest absolute Gasteiger partial charge is 0.510 e. The van der Waals surface area contributed by atoms with Crippen molar-refractivity contribution in [3.05, 3.63) is 24.5 Å². The predicted molar refractivity (Wildman–Crippen MR) is 46.8 cm³/mol. The van der Waals surface area contributed by atoms with E-state index in [0.29, 0.717) is 5.46 Å².